The number of amides is 1. The van der Waals surface area contributed by atoms with E-state index in [2.05, 4.69) is 5.32 Å². The van der Waals surface area contributed by atoms with Gasteiger partial charge in [-0.05, 0) is 55.8 Å². The minimum atomic E-state index is -0.858. The average molecular weight is 362 g/mol. The highest BCUT2D eigenvalue weighted by Crippen LogP contribution is 2.35. The number of hydrogen-bond acceptors (Lipinski definition) is 3. The van der Waals surface area contributed by atoms with Gasteiger partial charge in [0.05, 0.1) is 12.6 Å². The van der Waals surface area contributed by atoms with Crippen molar-refractivity contribution in [2.75, 3.05) is 13.1 Å². The smallest absolute Gasteiger partial charge is 0.320 e. The largest absolute Gasteiger partial charge is 0.480 e. The molecule has 0 aromatic heterocycles. The number of aliphatic carboxylic acids is 1. The van der Waals surface area contributed by atoms with Gasteiger partial charge in [0.2, 0.25) is 5.91 Å². The van der Waals surface area contributed by atoms with Crippen LogP contribution in [0.25, 0.3) is 0 Å². The lowest BCUT2D eigenvalue weighted by atomic mass is 9.91. The summed E-state index contributed by atoms with van der Waals surface area (Å²) in [6, 6.07) is 5.60. The Kier molecular flexibility index (Phi) is 6.25. The zero-order valence-electron chi connectivity index (χ0n) is 15.0. The predicted octanol–water partition coefficient (Wildman–Crippen LogP) is 3.11. The van der Waals surface area contributed by atoms with Crippen molar-refractivity contribution in [1.82, 2.24) is 10.2 Å². The molecule has 1 aromatic carbocycles. The summed E-state index contributed by atoms with van der Waals surface area (Å²) in [7, 11) is 0. The van der Waals surface area contributed by atoms with Crippen molar-refractivity contribution in [1.29, 1.82) is 0 Å². The lowest BCUT2D eigenvalue weighted by Crippen LogP contribution is -2.49. The minimum Gasteiger partial charge on any atom is -0.480 e. The molecule has 1 aliphatic heterocycles. The van der Waals surface area contributed by atoms with Gasteiger partial charge >= 0.3 is 5.97 Å². The molecular formula is C20H27FN2O3. The summed E-state index contributed by atoms with van der Waals surface area (Å²) in [6.07, 6.45) is 6.77. The normalized spacial score (nSPS) is 22.9. The summed E-state index contributed by atoms with van der Waals surface area (Å²) in [5.74, 6) is -0.952. The maximum atomic E-state index is 13.3. The number of carbonyl (C=O) groups excluding carboxylic acids is 1. The van der Waals surface area contributed by atoms with Gasteiger partial charge in [0.1, 0.15) is 11.9 Å². The molecule has 2 atom stereocenters. The number of carboxylic acids is 1. The van der Waals surface area contributed by atoms with Gasteiger partial charge in [0.15, 0.2) is 0 Å². The van der Waals surface area contributed by atoms with Crippen molar-refractivity contribution in [2.24, 2.45) is 5.92 Å². The molecule has 5 nitrogen and oxygen atoms in total. The topological polar surface area (TPSA) is 69.6 Å². The van der Waals surface area contributed by atoms with Crippen LogP contribution in [-0.2, 0) is 9.59 Å². The fourth-order valence-electron chi connectivity index (χ4n) is 4.30. The number of piperidine rings is 1. The standard InChI is InChI=1S/C20H27FN2O3/c21-16-10-8-15(9-11-16)19(14-5-1-2-6-14)22-18(24)13-23-12-4-3-7-17(23)20(25)26/h8-11,14,17,19H,1-7,12-13H2,(H,22,24)(H,25,26). The second kappa shape index (κ2) is 8.62. The van der Waals surface area contributed by atoms with Crippen LogP contribution in [0.4, 0.5) is 4.39 Å². The van der Waals surface area contributed by atoms with E-state index in [9.17, 15) is 19.1 Å². The van der Waals surface area contributed by atoms with E-state index in [1.807, 2.05) is 0 Å². The van der Waals surface area contributed by atoms with Crippen LogP contribution in [0.2, 0.25) is 0 Å². The lowest BCUT2D eigenvalue weighted by molar-refractivity contribution is -0.145. The number of likely N-dealkylation sites (tertiary alicyclic amines) is 1. The highest BCUT2D eigenvalue weighted by molar-refractivity contribution is 5.80. The Balaban J connectivity index is 1.68. The van der Waals surface area contributed by atoms with Crippen LogP contribution < -0.4 is 5.32 Å². The Hall–Kier alpha value is -1.95. The van der Waals surface area contributed by atoms with Crippen LogP contribution in [0, 0.1) is 11.7 Å². The molecule has 2 unspecified atom stereocenters. The van der Waals surface area contributed by atoms with Gasteiger partial charge in [0.25, 0.3) is 0 Å². The molecular weight excluding hydrogens is 335 g/mol. The number of benzene rings is 1. The molecule has 1 aliphatic carbocycles. The number of nitrogens with zero attached hydrogens (tertiary/aromatic N) is 1. The quantitative estimate of drug-likeness (QED) is 0.816. The zero-order chi connectivity index (χ0) is 18.5. The predicted molar refractivity (Wildman–Crippen MR) is 96.1 cm³/mol. The molecule has 1 aromatic rings. The fourth-order valence-corrected chi connectivity index (χ4v) is 4.30. The van der Waals surface area contributed by atoms with Crippen LogP contribution in [0.5, 0.6) is 0 Å². The fraction of sp³-hybridized carbons (Fsp3) is 0.600. The molecule has 2 N–H and O–H groups in total. The summed E-state index contributed by atoms with van der Waals surface area (Å²) in [6.45, 7) is 0.733. The van der Waals surface area contributed by atoms with Crippen LogP contribution in [0.3, 0.4) is 0 Å². The molecule has 26 heavy (non-hydrogen) atoms. The van der Waals surface area contributed by atoms with Crippen LogP contribution in [-0.4, -0.2) is 41.0 Å². The van der Waals surface area contributed by atoms with Gasteiger partial charge in [-0.1, -0.05) is 31.4 Å². The molecule has 0 spiro atoms. The minimum absolute atomic E-state index is 0.0986. The third-order valence-corrected chi connectivity index (χ3v) is 5.66. The zero-order valence-corrected chi connectivity index (χ0v) is 15.0. The van der Waals surface area contributed by atoms with E-state index in [4.69, 9.17) is 0 Å². The van der Waals surface area contributed by atoms with Crippen molar-refractivity contribution in [3.63, 3.8) is 0 Å². The SMILES string of the molecule is O=C(CN1CCCCC1C(=O)O)NC(c1ccc(F)cc1)C1CCCC1. The Bertz CT molecular complexity index is 628. The maximum absolute atomic E-state index is 13.3. The summed E-state index contributed by atoms with van der Waals surface area (Å²) < 4.78 is 13.3. The first-order chi connectivity index (χ1) is 12.5. The summed E-state index contributed by atoms with van der Waals surface area (Å²) in [4.78, 5) is 25.9. The summed E-state index contributed by atoms with van der Waals surface area (Å²) in [5, 5.41) is 12.5. The van der Waals surface area contributed by atoms with Gasteiger partial charge in [0, 0.05) is 0 Å². The second-order valence-electron chi connectivity index (χ2n) is 7.46. The van der Waals surface area contributed by atoms with Crippen molar-refractivity contribution in [2.45, 2.75) is 57.0 Å². The third kappa shape index (κ3) is 4.61. The van der Waals surface area contributed by atoms with Gasteiger partial charge in [-0.3, -0.25) is 14.5 Å². The molecule has 2 fully saturated rings. The first-order valence-electron chi connectivity index (χ1n) is 9.56. The monoisotopic (exact) mass is 362 g/mol. The Morgan fingerprint density at radius 1 is 1.12 bits per heavy atom. The van der Waals surface area contributed by atoms with E-state index in [-0.39, 0.29) is 24.3 Å². The highest BCUT2D eigenvalue weighted by Gasteiger charge is 2.32. The summed E-state index contributed by atoms with van der Waals surface area (Å²) >= 11 is 0. The molecule has 0 bridgehead atoms. The molecule has 1 saturated heterocycles. The van der Waals surface area contributed by atoms with E-state index in [0.29, 0.717) is 18.9 Å². The van der Waals surface area contributed by atoms with E-state index in [1.54, 1.807) is 17.0 Å². The van der Waals surface area contributed by atoms with Gasteiger partial charge < -0.3 is 10.4 Å². The lowest BCUT2D eigenvalue weighted by Gasteiger charge is -2.33. The van der Waals surface area contributed by atoms with Crippen molar-refractivity contribution < 1.29 is 19.1 Å². The third-order valence-electron chi connectivity index (χ3n) is 5.66. The van der Waals surface area contributed by atoms with Crippen LogP contribution in [0.15, 0.2) is 24.3 Å². The van der Waals surface area contributed by atoms with Crippen molar-refractivity contribution >= 4 is 11.9 Å². The second-order valence-corrected chi connectivity index (χ2v) is 7.46. The van der Waals surface area contributed by atoms with Gasteiger partial charge in [-0.25, -0.2) is 4.39 Å². The molecule has 142 valence electrons. The first-order valence-corrected chi connectivity index (χ1v) is 9.56. The highest BCUT2D eigenvalue weighted by atomic mass is 19.1. The number of halogens is 1. The van der Waals surface area contributed by atoms with E-state index < -0.39 is 12.0 Å². The molecule has 2 aliphatic rings. The molecule has 0 radical (unpaired) electrons. The Morgan fingerprint density at radius 2 is 1.77 bits per heavy atom. The summed E-state index contributed by atoms with van der Waals surface area (Å²) in [5.41, 5.74) is 0.917. The molecule has 1 saturated carbocycles. The van der Waals surface area contributed by atoms with E-state index >= 15 is 0 Å². The van der Waals surface area contributed by atoms with E-state index in [0.717, 1.165) is 44.1 Å². The van der Waals surface area contributed by atoms with Crippen LogP contribution >= 0.6 is 0 Å². The Morgan fingerprint density at radius 3 is 2.42 bits per heavy atom. The Labute approximate surface area is 153 Å². The molecule has 6 heteroatoms. The molecule has 3 rings (SSSR count). The number of carbonyl (C=O) groups is 2. The number of nitrogens with one attached hydrogen (secondary N) is 1. The van der Waals surface area contributed by atoms with E-state index in [1.165, 1.54) is 12.1 Å². The number of carboxylic acid groups (broad SMARTS) is 1. The molecule has 1 heterocycles. The van der Waals surface area contributed by atoms with Crippen molar-refractivity contribution in [3.05, 3.63) is 35.6 Å². The van der Waals surface area contributed by atoms with Gasteiger partial charge in [-0.2, -0.15) is 0 Å². The average Bonchev–Trinajstić information content (AvgIpc) is 3.15. The van der Waals surface area contributed by atoms with Crippen LogP contribution in [0.1, 0.15) is 56.6 Å². The number of rotatable bonds is 6. The first kappa shape index (κ1) is 18.8. The maximum Gasteiger partial charge on any atom is 0.320 e. The number of hydrogen-bond donors (Lipinski definition) is 2. The molecule has 1 amide bonds. The van der Waals surface area contributed by atoms with Crippen molar-refractivity contribution in [3.8, 4) is 0 Å². The van der Waals surface area contributed by atoms with Gasteiger partial charge in [-0.15, -0.1) is 0 Å².